The van der Waals surface area contributed by atoms with Gasteiger partial charge >= 0.3 is 0 Å². The molecule has 0 fully saturated rings. The molecule has 0 N–H and O–H groups in total. The van der Waals surface area contributed by atoms with Gasteiger partial charge in [0.1, 0.15) is 18.5 Å². The Morgan fingerprint density at radius 1 is 1.17 bits per heavy atom. The fraction of sp³-hybridized carbons (Fsp3) is 0.280. The van der Waals surface area contributed by atoms with Crippen molar-refractivity contribution in [3.8, 4) is 22.8 Å². The van der Waals surface area contributed by atoms with Crippen molar-refractivity contribution in [3.05, 3.63) is 63.9 Å². The molecule has 0 saturated carbocycles. The molecule has 144 valence electrons. The van der Waals surface area contributed by atoms with E-state index in [1.54, 1.807) is 11.3 Å². The third-order valence-electron chi connectivity index (χ3n) is 6.00. The van der Waals surface area contributed by atoms with E-state index < -0.39 is 5.54 Å². The number of benzene rings is 2. The van der Waals surface area contributed by atoms with Crippen molar-refractivity contribution >= 4 is 32.2 Å². The van der Waals surface area contributed by atoms with Crippen LogP contribution in [0.5, 0.6) is 11.5 Å². The van der Waals surface area contributed by atoms with Crippen molar-refractivity contribution in [3.63, 3.8) is 0 Å². The van der Waals surface area contributed by atoms with Crippen molar-refractivity contribution in [1.29, 1.82) is 0 Å². The first-order valence-electron chi connectivity index (χ1n) is 9.83. The summed E-state index contributed by atoms with van der Waals surface area (Å²) in [7, 11) is 2.11. The molecule has 3 nitrogen and oxygen atoms in total. The van der Waals surface area contributed by atoms with Gasteiger partial charge in [0.25, 0.3) is 0 Å². The van der Waals surface area contributed by atoms with Crippen LogP contribution < -0.4 is 9.30 Å². The van der Waals surface area contributed by atoms with Gasteiger partial charge in [0, 0.05) is 30.2 Å². The minimum absolute atomic E-state index is 0.426. The third kappa shape index (κ3) is 2.58. The molecule has 2 aromatic heterocycles. The van der Waals surface area contributed by atoms with Crippen LogP contribution in [-0.2, 0) is 13.5 Å². The predicted molar refractivity (Wildman–Crippen MR) is 120 cm³/mol. The summed E-state index contributed by atoms with van der Waals surface area (Å²) < 4.78 is 10.1. The molecule has 0 amide bonds. The summed E-state index contributed by atoms with van der Waals surface area (Å²) in [5.41, 5.74) is 5.60. The Balaban J connectivity index is 1.86. The number of ether oxygens (including phenoxy) is 1. The second-order valence-corrected chi connectivity index (χ2v) is 9.57. The van der Waals surface area contributed by atoms with Crippen LogP contribution in [0.4, 0.5) is 0 Å². The van der Waals surface area contributed by atoms with E-state index in [1.165, 1.54) is 37.9 Å². The van der Waals surface area contributed by atoms with Gasteiger partial charge in [0.2, 0.25) is 11.2 Å². The largest absolute Gasteiger partial charge is 0.455 e. The summed E-state index contributed by atoms with van der Waals surface area (Å²) >= 11 is 1.80. The summed E-state index contributed by atoms with van der Waals surface area (Å²) in [6.45, 7) is 15.8. The van der Waals surface area contributed by atoms with Crippen LogP contribution in [0, 0.1) is 20.4 Å². The quantitative estimate of drug-likeness (QED) is 0.244. The van der Waals surface area contributed by atoms with Gasteiger partial charge in [-0.25, -0.2) is 11.1 Å². The summed E-state index contributed by atoms with van der Waals surface area (Å²) in [4.78, 5) is 3.79. The van der Waals surface area contributed by atoms with Crippen LogP contribution in [0.3, 0.4) is 0 Å². The molecule has 2 aromatic carbocycles. The van der Waals surface area contributed by atoms with Crippen molar-refractivity contribution < 1.29 is 9.30 Å². The molecular formula is C25H23N2OS+. The van der Waals surface area contributed by atoms with Crippen LogP contribution in [0.25, 0.3) is 37.0 Å². The van der Waals surface area contributed by atoms with E-state index in [2.05, 4.69) is 66.1 Å². The lowest BCUT2D eigenvalue weighted by atomic mass is 9.89. The van der Waals surface area contributed by atoms with E-state index in [-0.39, 0.29) is 0 Å². The Kier molecular flexibility index (Phi) is 3.78. The number of nitrogens with zero attached hydrogens (tertiary/aromatic N) is 2. The average Bonchev–Trinajstić information content (AvgIpc) is 3.18. The van der Waals surface area contributed by atoms with Gasteiger partial charge in [-0.1, -0.05) is 6.07 Å². The Morgan fingerprint density at radius 3 is 2.72 bits per heavy atom. The van der Waals surface area contributed by atoms with E-state index in [4.69, 9.17) is 11.3 Å². The molecule has 0 unspecified atom stereocenters. The molecule has 0 atom stereocenters. The van der Waals surface area contributed by atoms with E-state index in [9.17, 15) is 0 Å². The molecule has 29 heavy (non-hydrogen) atoms. The lowest BCUT2D eigenvalue weighted by Crippen LogP contribution is -2.32. The van der Waals surface area contributed by atoms with Crippen LogP contribution in [0.15, 0.2) is 35.8 Å². The highest BCUT2D eigenvalue weighted by Gasteiger charge is 2.33. The average molecular weight is 400 g/mol. The molecule has 1 aliphatic heterocycles. The Morgan fingerprint density at radius 2 is 1.97 bits per heavy atom. The van der Waals surface area contributed by atoms with Crippen LogP contribution in [0.2, 0.25) is 0 Å². The SMILES string of the molecule is [C-]#[N+]C(C)(C)Cc1cc2c3c([n+](C)ccc3c1)-c1c(c(C)c3ccsc3c1C)O2. The maximum atomic E-state index is 7.49. The predicted octanol–water partition coefficient (Wildman–Crippen LogP) is 6.51. The van der Waals surface area contributed by atoms with Crippen molar-refractivity contribution in [2.24, 2.45) is 7.05 Å². The topological polar surface area (TPSA) is 17.5 Å². The highest BCUT2D eigenvalue weighted by Crippen LogP contribution is 2.51. The van der Waals surface area contributed by atoms with Gasteiger partial charge in [0.15, 0.2) is 6.20 Å². The van der Waals surface area contributed by atoms with E-state index in [0.717, 1.165) is 22.4 Å². The number of aryl methyl sites for hydroxylation is 3. The number of fused-ring (bicyclic) bond motifs is 3. The fourth-order valence-electron chi connectivity index (χ4n) is 4.56. The smallest absolute Gasteiger partial charge is 0.231 e. The molecule has 0 radical (unpaired) electrons. The summed E-state index contributed by atoms with van der Waals surface area (Å²) in [6, 6.07) is 8.69. The van der Waals surface area contributed by atoms with Crippen molar-refractivity contribution in [1.82, 2.24) is 0 Å². The molecule has 5 rings (SSSR count). The van der Waals surface area contributed by atoms with Crippen LogP contribution in [-0.4, -0.2) is 5.54 Å². The Bertz CT molecular complexity index is 1370. The highest BCUT2D eigenvalue weighted by atomic mass is 32.1. The zero-order valence-electron chi connectivity index (χ0n) is 17.4. The lowest BCUT2D eigenvalue weighted by Gasteiger charge is -2.24. The maximum absolute atomic E-state index is 7.49. The molecule has 0 saturated heterocycles. The number of hydrogen-bond donors (Lipinski definition) is 0. The molecule has 1 aliphatic rings. The minimum atomic E-state index is -0.426. The summed E-state index contributed by atoms with van der Waals surface area (Å²) in [6.07, 6.45) is 2.83. The zero-order valence-corrected chi connectivity index (χ0v) is 18.2. The van der Waals surface area contributed by atoms with Gasteiger partial charge in [0.05, 0.1) is 17.4 Å². The first-order valence-corrected chi connectivity index (χ1v) is 10.7. The first kappa shape index (κ1) is 18.1. The number of rotatable bonds is 2. The van der Waals surface area contributed by atoms with Gasteiger partial charge in [-0.15, -0.1) is 11.3 Å². The number of aromatic nitrogens is 1. The monoisotopic (exact) mass is 399 g/mol. The number of thiophene rings is 1. The second-order valence-electron chi connectivity index (χ2n) is 8.65. The third-order valence-corrected chi connectivity index (χ3v) is 7.03. The van der Waals surface area contributed by atoms with E-state index in [0.29, 0.717) is 6.42 Å². The summed E-state index contributed by atoms with van der Waals surface area (Å²) in [5.74, 6) is 1.86. The standard InChI is InChI=1S/C25H23N2OS/c1-14-18-8-10-29-24(18)15(2)20-22-21-17(7-9-27(22)6)11-16(13-25(3,4)26-5)12-19(21)28-23(14)20/h7-12H,13H2,1-4,6H3/q+1. The number of pyridine rings is 1. The lowest BCUT2D eigenvalue weighted by molar-refractivity contribution is -0.659. The van der Waals surface area contributed by atoms with Gasteiger partial charge < -0.3 is 9.58 Å². The molecule has 4 aromatic rings. The molecule has 4 heteroatoms. The highest BCUT2D eigenvalue weighted by molar-refractivity contribution is 7.17. The number of hydrogen-bond acceptors (Lipinski definition) is 2. The molecular weight excluding hydrogens is 376 g/mol. The van der Waals surface area contributed by atoms with Crippen LogP contribution in [0.1, 0.15) is 30.5 Å². The zero-order chi connectivity index (χ0) is 20.5. The summed E-state index contributed by atoms with van der Waals surface area (Å²) in [5, 5.41) is 5.76. The van der Waals surface area contributed by atoms with Gasteiger partial charge in [-0.2, -0.15) is 0 Å². The van der Waals surface area contributed by atoms with E-state index >= 15 is 0 Å². The normalized spacial score (nSPS) is 12.7. The fourth-order valence-corrected chi connectivity index (χ4v) is 5.53. The van der Waals surface area contributed by atoms with Crippen LogP contribution >= 0.6 is 11.3 Å². The molecule has 3 heterocycles. The van der Waals surface area contributed by atoms with Crippen molar-refractivity contribution in [2.45, 2.75) is 39.7 Å². The second kappa shape index (κ2) is 6.05. The van der Waals surface area contributed by atoms with E-state index in [1.807, 2.05) is 13.8 Å². The molecule has 0 bridgehead atoms. The minimum Gasteiger partial charge on any atom is -0.455 e. The molecule has 0 spiro atoms. The van der Waals surface area contributed by atoms with Gasteiger partial charge in [-0.3, -0.25) is 0 Å². The van der Waals surface area contributed by atoms with Crippen molar-refractivity contribution in [2.75, 3.05) is 0 Å². The first-order chi connectivity index (χ1) is 13.8. The Labute approximate surface area is 175 Å². The van der Waals surface area contributed by atoms with Gasteiger partial charge in [-0.05, 0) is 53.3 Å². The molecule has 0 aliphatic carbocycles. The maximum Gasteiger partial charge on any atom is 0.231 e. The Hall–Kier alpha value is -2.90.